The highest BCUT2D eigenvalue weighted by molar-refractivity contribution is 5.33. The second-order valence-corrected chi connectivity index (χ2v) is 5.95. The molecule has 0 amide bonds. The molecule has 1 aliphatic rings. The van der Waals surface area contributed by atoms with Crippen LogP contribution in [0.25, 0.3) is 0 Å². The molecule has 0 atom stereocenters. The Morgan fingerprint density at radius 1 is 1.05 bits per heavy atom. The number of nitrogens with zero attached hydrogens (tertiary/aromatic N) is 1. The molecule has 0 saturated heterocycles. The summed E-state index contributed by atoms with van der Waals surface area (Å²) in [6, 6.07) is 10.4. The van der Waals surface area contributed by atoms with E-state index in [9.17, 15) is 0 Å². The van der Waals surface area contributed by atoms with E-state index < -0.39 is 0 Å². The lowest BCUT2D eigenvalue weighted by molar-refractivity contribution is 0.303. The van der Waals surface area contributed by atoms with Crippen molar-refractivity contribution >= 4 is 0 Å². The Labute approximate surface area is 117 Å². The first-order valence-corrected chi connectivity index (χ1v) is 7.83. The van der Waals surface area contributed by atoms with Gasteiger partial charge < -0.3 is 0 Å². The van der Waals surface area contributed by atoms with E-state index in [2.05, 4.69) is 25.1 Å². The Balaban J connectivity index is 1.80. The fourth-order valence-corrected chi connectivity index (χ4v) is 3.30. The van der Waals surface area contributed by atoms with Crippen molar-refractivity contribution in [3.8, 4) is 6.07 Å². The first-order valence-electron chi connectivity index (χ1n) is 7.83. The van der Waals surface area contributed by atoms with Gasteiger partial charge >= 0.3 is 0 Å². The number of hydrogen-bond donors (Lipinski definition) is 0. The summed E-state index contributed by atoms with van der Waals surface area (Å²) in [6.07, 6.45) is 11.1. The molecule has 0 bridgehead atoms. The summed E-state index contributed by atoms with van der Waals surface area (Å²) in [5, 5.41) is 8.83. The van der Waals surface area contributed by atoms with Gasteiger partial charge in [0.05, 0.1) is 11.6 Å². The molecule has 1 heteroatoms. The fourth-order valence-electron chi connectivity index (χ4n) is 3.30. The van der Waals surface area contributed by atoms with Crippen molar-refractivity contribution in [2.45, 2.75) is 64.2 Å². The van der Waals surface area contributed by atoms with E-state index in [4.69, 9.17) is 5.26 Å². The molecule has 19 heavy (non-hydrogen) atoms. The van der Waals surface area contributed by atoms with Crippen LogP contribution in [-0.4, -0.2) is 0 Å². The predicted molar refractivity (Wildman–Crippen MR) is 80.0 cm³/mol. The monoisotopic (exact) mass is 255 g/mol. The second-order valence-electron chi connectivity index (χ2n) is 5.95. The third kappa shape index (κ3) is 4.10. The lowest BCUT2D eigenvalue weighted by Crippen LogP contribution is -2.13. The van der Waals surface area contributed by atoms with Crippen LogP contribution in [0.4, 0.5) is 0 Å². The maximum absolute atomic E-state index is 8.83. The molecule has 1 aromatic carbocycles. The van der Waals surface area contributed by atoms with Crippen LogP contribution in [0.1, 0.15) is 75.3 Å². The summed E-state index contributed by atoms with van der Waals surface area (Å²) in [6.45, 7) is 2.28. The van der Waals surface area contributed by atoms with E-state index >= 15 is 0 Å². The Morgan fingerprint density at radius 2 is 1.74 bits per heavy atom. The van der Waals surface area contributed by atoms with Gasteiger partial charge in [-0.15, -0.1) is 0 Å². The van der Waals surface area contributed by atoms with Gasteiger partial charge in [-0.1, -0.05) is 44.7 Å². The highest BCUT2D eigenvalue weighted by atomic mass is 14.3. The van der Waals surface area contributed by atoms with E-state index in [-0.39, 0.29) is 0 Å². The minimum absolute atomic E-state index is 0.732. The van der Waals surface area contributed by atoms with Crippen LogP contribution in [0.15, 0.2) is 24.3 Å². The van der Waals surface area contributed by atoms with Crippen molar-refractivity contribution < 1.29 is 0 Å². The molecular weight excluding hydrogens is 230 g/mol. The molecule has 1 saturated carbocycles. The van der Waals surface area contributed by atoms with E-state index in [1.165, 1.54) is 56.9 Å². The van der Waals surface area contributed by atoms with Crippen LogP contribution in [0.5, 0.6) is 0 Å². The van der Waals surface area contributed by atoms with Gasteiger partial charge in [0.2, 0.25) is 0 Å². The van der Waals surface area contributed by atoms with Crippen LogP contribution < -0.4 is 0 Å². The van der Waals surface area contributed by atoms with Gasteiger partial charge in [0, 0.05) is 0 Å². The largest absolute Gasteiger partial charge is 0.192 e. The Kier molecular flexibility index (Phi) is 5.45. The topological polar surface area (TPSA) is 23.8 Å². The number of nitriles is 1. The molecule has 0 aliphatic heterocycles. The Hall–Kier alpha value is -1.29. The predicted octanol–water partition coefficient (Wildman–Crippen LogP) is 5.41. The highest BCUT2D eigenvalue weighted by Gasteiger charge is 2.21. The first-order chi connectivity index (χ1) is 9.33. The summed E-state index contributed by atoms with van der Waals surface area (Å²) >= 11 is 0. The molecule has 1 aromatic rings. The SMILES string of the molecule is CCCCC[C@H]1CC[C@H](c2ccc(C#N)cc2)CC1. The number of unbranched alkanes of at least 4 members (excludes halogenated alkanes) is 2. The molecule has 0 radical (unpaired) electrons. The summed E-state index contributed by atoms with van der Waals surface area (Å²) in [5.74, 6) is 1.70. The molecule has 1 aliphatic carbocycles. The number of rotatable bonds is 5. The smallest absolute Gasteiger partial charge is 0.0991 e. The zero-order chi connectivity index (χ0) is 13.5. The van der Waals surface area contributed by atoms with Gasteiger partial charge in [0.15, 0.2) is 0 Å². The third-order valence-corrected chi connectivity index (χ3v) is 4.57. The molecule has 1 fully saturated rings. The maximum Gasteiger partial charge on any atom is 0.0991 e. The maximum atomic E-state index is 8.83. The summed E-state index contributed by atoms with van der Waals surface area (Å²) in [5.41, 5.74) is 2.21. The lowest BCUT2D eigenvalue weighted by Gasteiger charge is -2.28. The van der Waals surface area contributed by atoms with E-state index in [0.717, 1.165) is 17.4 Å². The molecule has 0 heterocycles. The minimum atomic E-state index is 0.732. The van der Waals surface area contributed by atoms with Crippen LogP contribution in [0.3, 0.4) is 0 Å². The quantitative estimate of drug-likeness (QED) is 0.645. The van der Waals surface area contributed by atoms with Gasteiger partial charge in [0.25, 0.3) is 0 Å². The molecular formula is C18H25N. The zero-order valence-corrected chi connectivity index (χ0v) is 12.1. The molecule has 102 valence electrons. The van der Waals surface area contributed by atoms with Crippen LogP contribution >= 0.6 is 0 Å². The molecule has 1 nitrogen and oxygen atoms in total. The average Bonchev–Trinajstić information content (AvgIpc) is 2.48. The van der Waals surface area contributed by atoms with Crippen LogP contribution in [0, 0.1) is 17.2 Å². The zero-order valence-electron chi connectivity index (χ0n) is 12.1. The van der Waals surface area contributed by atoms with Crippen molar-refractivity contribution in [3.63, 3.8) is 0 Å². The van der Waals surface area contributed by atoms with Crippen molar-refractivity contribution in [2.24, 2.45) is 5.92 Å². The Bertz CT molecular complexity index is 404. The average molecular weight is 255 g/mol. The molecule has 0 aromatic heterocycles. The lowest BCUT2D eigenvalue weighted by atomic mass is 9.77. The molecule has 2 rings (SSSR count). The summed E-state index contributed by atoms with van der Waals surface area (Å²) < 4.78 is 0. The molecule has 0 N–H and O–H groups in total. The first kappa shape index (κ1) is 14.1. The van der Waals surface area contributed by atoms with Gasteiger partial charge in [0.1, 0.15) is 0 Å². The van der Waals surface area contributed by atoms with Crippen LogP contribution in [0.2, 0.25) is 0 Å². The fraction of sp³-hybridized carbons (Fsp3) is 0.611. The van der Waals surface area contributed by atoms with Crippen molar-refractivity contribution in [1.82, 2.24) is 0 Å². The third-order valence-electron chi connectivity index (χ3n) is 4.57. The standard InChI is InChI=1S/C18H25N/c1-2-3-4-5-15-6-10-17(11-7-15)18-12-8-16(14-19)9-13-18/h8-9,12-13,15,17H,2-7,10-11H2,1H3/t15-,17-. The molecule has 0 spiro atoms. The summed E-state index contributed by atoms with van der Waals surface area (Å²) in [7, 11) is 0. The van der Waals surface area contributed by atoms with Gasteiger partial charge in [-0.05, 0) is 55.2 Å². The Morgan fingerprint density at radius 3 is 2.32 bits per heavy atom. The van der Waals surface area contributed by atoms with E-state index in [0.29, 0.717) is 0 Å². The normalized spacial score (nSPS) is 22.9. The second kappa shape index (κ2) is 7.34. The van der Waals surface area contributed by atoms with Gasteiger partial charge in [-0.2, -0.15) is 5.26 Å². The van der Waals surface area contributed by atoms with E-state index in [1.54, 1.807) is 0 Å². The van der Waals surface area contributed by atoms with Crippen LogP contribution in [-0.2, 0) is 0 Å². The summed E-state index contributed by atoms with van der Waals surface area (Å²) in [4.78, 5) is 0. The van der Waals surface area contributed by atoms with Crippen molar-refractivity contribution in [1.29, 1.82) is 5.26 Å². The van der Waals surface area contributed by atoms with Gasteiger partial charge in [-0.3, -0.25) is 0 Å². The van der Waals surface area contributed by atoms with Crippen molar-refractivity contribution in [2.75, 3.05) is 0 Å². The van der Waals surface area contributed by atoms with Gasteiger partial charge in [-0.25, -0.2) is 0 Å². The van der Waals surface area contributed by atoms with E-state index in [1.807, 2.05) is 12.1 Å². The van der Waals surface area contributed by atoms with Crippen molar-refractivity contribution in [3.05, 3.63) is 35.4 Å². The number of benzene rings is 1. The number of hydrogen-bond acceptors (Lipinski definition) is 1. The minimum Gasteiger partial charge on any atom is -0.192 e. The highest BCUT2D eigenvalue weighted by Crippen LogP contribution is 2.37. The molecule has 0 unspecified atom stereocenters.